The van der Waals surface area contributed by atoms with Crippen molar-refractivity contribution in [2.24, 2.45) is 0 Å². The highest BCUT2D eigenvalue weighted by molar-refractivity contribution is 7.90. The van der Waals surface area contributed by atoms with Crippen molar-refractivity contribution in [2.75, 3.05) is 21.3 Å². The number of aromatic nitrogens is 1. The van der Waals surface area contributed by atoms with E-state index in [1.807, 2.05) is 6.07 Å². The van der Waals surface area contributed by atoms with Gasteiger partial charge in [-0.2, -0.15) is 0 Å². The molecule has 0 fully saturated rings. The van der Waals surface area contributed by atoms with E-state index in [9.17, 15) is 8.42 Å². The lowest BCUT2D eigenvalue weighted by Gasteiger charge is -2.11. The Balaban J connectivity index is 2.21. The Hall–Kier alpha value is -2.67. The average Bonchev–Trinajstić information content (AvgIpc) is 3.06. The second kappa shape index (κ2) is 7.52. The van der Waals surface area contributed by atoms with Crippen LogP contribution in [0.4, 0.5) is 0 Å². The first-order valence-electron chi connectivity index (χ1n) is 8.61. The average molecular weight is 389 g/mol. The van der Waals surface area contributed by atoms with E-state index >= 15 is 0 Å². The molecule has 0 amide bonds. The standard InChI is InChI=1S/C20H23NO5S/c1-5-6-14-13-21(18-9-7-15(24-2)11-17(14)18)27(22,23)16-8-10-19(25-3)20(12-16)26-4/h7-13H,5-6H2,1-4H3. The van der Waals surface area contributed by atoms with Gasteiger partial charge in [-0.1, -0.05) is 13.3 Å². The third-order valence-corrected chi connectivity index (χ3v) is 6.16. The fourth-order valence-corrected chi connectivity index (χ4v) is 4.54. The van der Waals surface area contributed by atoms with Crippen LogP contribution in [0, 0.1) is 0 Å². The number of benzene rings is 2. The van der Waals surface area contributed by atoms with E-state index in [2.05, 4.69) is 6.92 Å². The van der Waals surface area contributed by atoms with Crippen LogP contribution in [-0.4, -0.2) is 33.7 Å². The van der Waals surface area contributed by atoms with Crippen LogP contribution in [0.25, 0.3) is 10.9 Å². The van der Waals surface area contributed by atoms with Crippen molar-refractivity contribution in [3.63, 3.8) is 0 Å². The van der Waals surface area contributed by atoms with Gasteiger partial charge < -0.3 is 14.2 Å². The summed E-state index contributed by atoms with van der Waals surface area (Å²) in [5, 5.41) is 0.875. The lowest BCUT2D eigenvalue weighted by molar-refractivity contribution is 0.354. The normalized spacial score (nSPS) is 11.6. The zero-order valence-electron chi connectivity index (χ0n) is 15.9. The molecule has 0 atom stereocenters. The molecule has 0 N–H and O–H groups in total. The SMILES string of the molecule is CCCc1cn(S(=O)(=O)c2ccc(OC)c(OC)c2)c2ccc(OC)cc12. The Bertz CT molecular complexity index is 1070. The number of nitrogens with zero attached hydrogens (tertiary/aromatic N) is 1. The van der Waals surface area contributed by atoms with Crippen molar-refractivity contribution in [1.29, 1.82) is 0 Å². The summed E-state index contributed by atoms with van der Waals surface area (Å²) < 4.78 is 43.7. The van der Waals surface area contributed by atoms with Crippen molar-refractivity contribution in [3.8, 4) is 17.2 Å². The fourth-order valence-electron chi connectivity index (χ4n) is 3.13. The largest absolute Gasteiger partial charge is 0.497 e. The van der Waals surface area contributed by atoms with Crippen LogP contribution < -0.4 is 14.2 Å². The summed E-state index contributed by atoms with van der Waals surface area (Å²) in [7, 11) is 0.782. The van der Waals surface area contributed by atoms with Crippen molar-refractivity contribution in [1.82, 2.24) is 3.97 Å². The van der Waals surface area contributed by atoms with Gasteiger partial charge >= 0.3 is 0 Å². The molecule has 6 nitrogen and oxygen atoms in total. The van der Waals surface area contributed by atoms with Crippen molar-refractivity contribution in [3.05, 3.63) is 48.2 Å². The highest BCUT2D eigenvalue weighted by Crippen LogP contribution is 2.33. The minimum absolute atomic E-state index is 0.135. The fraction of sp³-hybridized carbons (Fsp3) is 0.300. The first-order chi connectivity index (χ1) is 13.0. The Morgan fingerprint density at radius 1 is 0.926 bits per heavy atom. The van der Waals surface area contributed by atoms with Crippen LogP contribution >= 0.6 is 0 Å². The predicted octanol–water partition coefficient (Wildman–Crippen LogP) is 3.86. The lowest BCUT2D eigenvalue weighted by Crippen LogP contribution is -2.12. The smallest absolute Gasteiger partial charge is 0.268 e. The number of rotatable bonds is 7. The molecule has 0 aliphatic rings. The number of methoxy groups -OCH3 is 3. The third kappa shape index (κ3) is 3.35. The van der Waals surface area contributed by atoms with Crippen LogP contribution in [-0.2, 0) is 16.4 Å². The van der Waals surface area contributed by atoms with Gasteiger partial charge in [-0.3, -0.25) is 0 Å². The van der Waals surface area contributed by atoms with Gasteiger partial charge in [-0.05, 0) is 42.3 Å². The summed E-state index contributed by atoms with van der Waals surface area (Å²) in [6, 6.07) is 9.99. The van der Waals surface area contributed by atoms with Crippen LogP contribution in [0.3, 0.4) is 0 Å². The van der Waals surface area contributed by atoms with Crippen molar-refractivity contribution >= 4 is 20.9 Å². The molecule has 3 aromatic rings. The Morgan fingerprint density at radius 3 is 2.30 bits per heavy atom. The molecular weight excluding hydrogens is 366 g/mol. The second-order valence-electron chi connectivity index (χ2n) is 6.11. The molecule has 0 unspecified atom stereocenters. The lowest BCUT2D eigenvalue weighted by atomic mass is 10.1. The molecule has 0 aliphatic heterocycles. The number of hydrogen-bond donors (Lipinski definition) is 0. The maximum atomic E-state index is 13.3. The van der Waals surface area contributed by atoms with E-state index < -0.39 is 10.0 Å². The summed E-state index contributed by atoms with van der Waals surface area (Å²) >= 11 is 0. The van der Waals surface area contributed by atoms with E-state index in [4.69, 9.17) is 14.2 Å². The molecule has 0 radical (unpaired) electrons. The van der Waals surface area contributed by atoms with Gasteiger partial charge in [0.25, 0.3) is 10.0 Å². The van der Waals surface area contributed by atoms with E-state index in [1.54, 1.807) is 31.5 Å². The summed E-state index contributed by atoms with van der Waals surface area (Å²) in [5.41, 5.74) is 1.59. The molecule has 1 heterocycles. The highest BCUT2D eigenvalue weighted by Gasteiger charge is 2.23. The topological polar surface area (TPSA) is 66.8 Å². The second-order valence-corrected chi connectivity index (χ2v) is 7.92. The van der Waals surface area contributed by atoms with Gasteiger partial charge in [-0.25, -0.2) is 12.4 Å². The van der Waals surface area contributed by atoms with Gasteiger partial charge in [0.1, 0.15) is 5.75 Å². The molecule has 0 saturated carbocycles. The Morgan fingerprint density at radius 2 is 1.67 bits per heavy atom. The summed E-state index contributed by atoms with van der Waals surface area (Å²) in [5.74, 6) is 1.54. The minimum atomic E-state index is -3.80. The molecule has 144 valence electrons. The number of aryl methyl sites for hydroxylation is 1. The molecule has 0 spiro atoms. The zero-order chi connectivity index (χ0) is 19.6. The number of hydrogen-bond acceptors (Lipinski definition) is 5. The van der Waals surface area contributed by atoms with E-state index in [0.717, 1.165) is 23.8 Å². The van der Waals surface area contributed by atoms with Gasteiger partial charge in [0, 0.05) is 17.6 Å². The van der Waals surface area contributed by atoms with Crippen LogP contribution in [0.15, 0.2) is 47.5 Å². The minimum Gasteiger partial charge on any atom is -0.497 e. The van der Waals surface area contributed by atoms with E-state index in [0.29, 0.717) is 22.8 Å². The molecule has 27 heavy (non-hydrogen) atoms. The molecular formula is C20H23NO5S. The molecule has 7 heteroatoms. The van der Waals surface area contributed by atoms with Gasteiger partial charge in [-0.15, -0.1) is 0 Å². The van der Waals surface area contributed by atoms with Crippen LogP contribution in [0.5, 0.6) is 17.2 Å². The molecule has 1 aromatic heterocycles. The monoisotopic (exact) mass is 389 g/mol. The van der Waals surface area contributed by atoms with E-state index in [-0.39, 0.29) is 4.90 Å². The Kier molecular flexibility index (Phi) is 5.32. The van der Waals surface area contributed by atoms with Crippen LogP contribution in [0.1, 0.15) is 18.9 Å². The predicted molar refractivity (Wildman–Crippen MR) is 105 cm³/mol. The molecule has 0 aliphatic carbocycles. The first kappa shape index (κ1) is 19.1. The highest BCUT2D eigenvalue weighted by atomic mass is 32.2. The third-order valence-electron chi connectivity index (χ3n) is 4.49. The van der Waals surface area contributed by atoms with Crippen molar-refractivity contribution in [2.45, 2.75) is 24.7 Å². The van der Waals surface area contributed by atoms with Crippen molar-refractivity contribution < 1.29 is 22.6 Å². The van der Waals surface area contributed by atoms with Gasteiger partial charge in [0.15, 0.2) is 11.5 Å². The zero-order valence-corrected chi connectivity index (χ0v) is 16.7. The maximum Gasteiger partial charge on any atom is 0.268 e. The van der Waals surface area contributed by atoms with Gasteiger partial charge in [0.05, 0.1) is 31.7 Å². The summed E-state index contributed by atoms with van der Waals surface area (Å²) in [6.07, 6.45) is 3.38. The molecule has 0 bridgehead atoms. The molecule has 0 saturated heterocycles. The molecule has 2 aromatic carbocycles. The number of ether oxygens (including phenoxy) is 3. The van der Waals surface area contributed by atoms with Crippen LogP contribution in [0.2, 0.25) is 0 Å². The maximum absolute atomic E-state index is 13.3. The Labute approximate surface area is 159 Å². The van der Waals surface area contributed by atoms with E-state index in [1.165, 1.54) is 30.3 Å². The first-order valence-corrected chi connectivity index (χ1v) is 10.1. The quantitative estimate of drug-likeness (QED) is 0.614. The molecule has 3 rings (SSSR count). The number of fused-ring (bicyclic) bond motifs is 1. The summed E-state index contributed by atoms with van der Waals surface area (Å²) in [6.45, 7) is 2.06. The van der Waals surface area contributed by atoms with Gasteiger partial charge in [0.2, 0.25) is 0 Å². The summed E-state index contributed by atoms with van der Waals surface area (Å²) in [4.78, 5) is 0.135.